The Labute approximate surface area is 154 Å². The molecule has 0 fully saturated rings. The third-order valence-corrected chi connectivity index (χ3v) is 4.72. The molecule has 6 nitrogen and oxygen atoms in total. The van der Waals surface area contributed by atoms with Gasteiger partial charge < -0.3 is 0 Å². The Morgan fingerprint density at radius 3 is 2.62 bits per heavy atom. The first-order valence-corrected chi connectivity index (χ1v) is 8.84. The van der Waals surface area contributed by atoms with E-state index in [9.17, 15) is 4.79 Å². The number of hydrogen-bond donors (Lipinski definition) is 1. The molecule has 0 aliphatic carbocycles. The van der Waals surface area contributed by atoms with Gasteiger partial charge in [0.1, 0.15) is 12.7 Å². The van der Waals surface area contributed by atoms with Gasteiger partial charge in [-0.15, -0.1) is 11.3 Å². The minimum Gasteiger partial charge on any atom is -0.298 e. The van der Waals surface area contributed by atoms with Crippen molar-refractivity contribution in [1.82, 2.24) is 19.7 Å². The van der Waals surface area contributed by atoms with E-state index in [0.717, 1.165) is 17.0 Å². The molecule has 0 saturated heterocycles. The Morgan fingerprint density at radius 1 is 1.08 bits per heavy atom. The third kappa shape index (κ3) is 3.68. The van der Waals surface area contributed by atoms with E-state index in [0.29, 0.717) is 10.7 Å². The first-order valence-electron chi connectivity index (χ1n) is 8.03. The molecule has 0 aliphatic heterocycles. The van der Waals surface area contributed by atoms with Crippen molar-refractivity contribution in [2.24, 2.45) is 0 Å². The standard InChI is InChI=1S/C19H15N5OS/c25-18(15-6-8-16(9-7-15)24-13-20-12-22-24)23-19-21-11-17(26-19)10-14-4-2-1-3-5-14/h1-9,11-13H,10H2,(H,21,23,25). The number of rotatable bonds is 5. The highest BCUT2D eigenvalue weighted by Gasteiger charge is 2.10. The number of thiazole rings is 1. The molecule has 26 heavy (non-hydrogen) atoms. The summed E-state index contributed by atoms with van der Waals surface area (Å²) in [7, 11) is 0. The van der Waals surface area contributed by atoms with Crippen LogP contribution in [0.1, 0.15) is 20.8 Å². The number of nitrogens with one attached hydrogen (secondary N) is 1. The van der Waals surface area contributed by atoms with Crippen LogP contribution in [-0.2, 0) is 6.42 Å². The third-order valence-electron chi connectivity index (χ3n) is 3.81. The molecule has 0 bridgehead atoms. The van der Waals surface area contributed by atoms with Crippen LogP contribution in [0.4, 0.5) is 5.13 Å². The van der Waals surface area contributed by atoms with Crippen molar-refractivity contribution in [2.45, 2.75) is 6.42 Å². The Morgan fingerprint density at radius 2 is 1.88 bits per heavy atom. The van der Waals surface area contributed by atoms with Crippen molar-refractivity contribution in [3.05, 3.63) is 89.5 Å². The molecule has 4 aromatic rings. The summed E-state index contributed by atoms with van der Waals surface area (Å²) < 4.78 is 1.64. The van der Waals surface area contributed by atoms with E-state index in [1.807, 2.05) is 30.3 Å². The lowest BCUT2D eigenvalue weighted by Gasteiger charge is -2.04. The van der Waals surface area contributed by atoms with Crippen LogP contribution in [0.5, 0.6) is 0 Å². The normalized spacial score (nSPS) is 10.6. The van der Waals surface area contributed by atoms with Gasteiger partial charge in [-0.2, -0.15) is 5.10 Å². The smallest absolute Gasteiger partial charge is 0.257 e. The zero-order valence-electron chi connectivity index (χ0n) is 13.7. The van der Waals surface area contributed by atoms with Gasteiger partial charge >= 0.3 is 0 Å². The van der Waals surface area contributed by atoms with Crippen LogP contribution in [-0.4, -0.2) is 25.7 Å². The number of anilines is 1. The molecule has 0 unspecified atom stereocenters. The molecule has 0 spiro atoms. The Hall–Kier alpha value is -3.32. The molecule has 7 heteroatoms. The number of benzene rings is 2. The monoisotopic (exact) mass is 361 g/mol. The quantitative estimate of drug-likeness (QED) is 0.590. The Kier molecular flexibility index (Phi) is 4.53. The molecule has 128 valence electrons. The average Bonchev–Trinajstić information content (AvgIpc) is 3.35. The van der Waals surface area contributed by atoms with Crippen LogP contribution < -0.4 is 5.32 Å². The number of nitrogens with zero attached hydrogens (tertiary/aromatic N) is 4. The summed E-state index contributed by atoms with van der Waals surface area (Å²) in [5.74, 6) is -0.184. The number of carbonyl (C=O) groups is 1. The maximum absolute atomic E-state index is 12.4. The van der Waals surface area contributed by atoms with Crippen molar-refractivity contribution in [3.8, 4) is 5.69 Å². The highest BCUT2D eigenvalue weighted by Crippen LogP contribution is 2.22. The number of amides is 1. The summed E-state index contributed by atoms with van der Waals surface area (Å²) in [5, 5.41) is 7.51. The molecule has 0 aliphatic rings. The summed E-state index contributed by atoms with van der Waals surface area (Å²) in [6, 6.07) is 17.3. The molecule has 4 rings (SSSR count). The maximum atomic E-state index is 12.4. The number of carbonyl (C=O) groups excluding carboxylic acids is 1. The zero-order valence-corrected chi connectivity index (χ0v) is 14.6. The molecule has 2 heterocycles. The van der Waals surface area contributed by atoms with Crippen LogP contribution in [0.25, 0.3) is 5.69 Å². The van der Waals surface area contributed by atoms with Gasteiger partial charge in [-0.05, 0) is 29.8 Å². The fourth-order valence-corrected chi connectivity index (χ4v) is 3.36. The van der Waals surface area contributed by atoms with E-state index in [-0.39, 0.29) is 5.91 Å². The van der Waals surface area contributed by atoms with Gasteiger partial charge in [-0.1, -0.05) is 30.3 Å². The highest BCUT2D eigenvalue weighted by molar-refractivity contribution is 7.15. The zero-order chi connectivity index (χ0) is 17.8. The van der Waals surface area contributed by atoms with Crippen LogP contribution in [0.15, 0.2) is 73.4 Å². The molecular formula is C19H15N5OS. The average molecular weight is 361 g/mol. The van der Waals surface area contributed by atoms with Gasteiger partial charge in [0, 0.05) is 23.1 Å². The molecule has 0 radical (unpaired) electrons. The van der Waals surface area contributed by atoms with Crippen molar-refractivity contribution >= 4 is 22.4 Å². The molecule has 1 N–H and O–H groups in total. The highest BCUT2D eigenvalue weighted by atomic mass is 32.1. The van der Waals surface area contributed by atoms with E-state index >= 15 is 0 Å². The largest absolute Gasteiger partial charge is 0.298 e. The van der Waals surface area contributed by atoms with Crippen LogP contribution in [0, 0.1) is 0 Å². The summed E-state index contributed by atoms with van der Waals surface area (Å²) in [6.45, 7) is 0. The second-order valence-electron chi connectivity index (χ2n) is 5.64. The summed E-state index contributed by atoms with van der Waals surface area (Å²) >= 11 is 1.49. The Balaban J connectivity index is 1.42. The van der Waals surface area contributed by atoms with E-state index in [1.165, 1.54) is 23.2 Å². The molecule has 2 aromatic heterocycles. The van der Waals surface area contributed by atoms with Gasteiger partial charge in [0.2, 0.25) is 0 Å². The van der Waals surface area contributed by atoms with Gasteiger partial charge in [0.05, 0.1) is 5.69 Å². The van der Waals surface area contributed by atoms with Gasteiger partial charge in [-0.3, -0.25) is 10.1 Å². The summed E-state index contributed by atoms with van der Waals surface area (Å²) in [4.78, 5) is 21.7. The minimum absolute atomic E-state index is 0.184. The van der Waals surface area contributed by atoms with Crippen molar-refractivity contribution in [1.29, 1.82) is 0 Å². The predicted molar refractivity (Wildman–Crippen MR) is 101 cm³/mol. The maximum Gasteiger partial charge on any atom is 0.257 e. The lowest BCUT2D eigenvalue weighted by molar-refractivity contribution is 0.102. The van der Waals surface area contributed by atoms with Crippen LogP contribution >= 0.6 is 11.3 Å². The SMILES string of the molecule is O=C(Nc1ncc(Cc2ccccc2)s1)c1ccc(-n2cncn2)cc1. The van der Waals surface area contributed by atoms with Gasteiger partial charge in [0.25, 0.3) is 5.91 Å². The van der Waals surface area contributed by atoms with Crippen LogP contribution in [0.2, 0.25) is 0 Å². The van der Waals surface area contributed by atoms with Gasteiger partial charge in [-0.25, -0.2) is 14.6 Å². The van der Waals surface area contributed by atoms with E-state index < -0.39 is 0 Å². The molecule has 0 saturated carbocycles. The Bertz CT molecular complexity index is 994. The van der Waals surface area contributed by atoms with Gasteiger partial charge in [0.15, 0.2) is 5.13 Å². The number of hydrogen-bond acceptors (Lipinski definition) is 5. The fraction of sp³-hybridized carbons (Fsp3) is 0.0526. The first-order chi connectivity index (χ1) is 12.8. The molecule has 1 amide bonds. The second-order valence-corrected chi connectivity index (χ2v) is 6.75. The fourth-order valence-electron chi connectivity index (χ4n) is 2.52. The van der Waals surface area contributed by atoms with E-state index in [1.54, 1.807) is 29.3 Å². The van der Waals surface area contributed by atoms with Crippen molar-refractivity contribution in [3.63, 3.8) is 0 Å². The predicted octanol–water partition coefficient (Wildman–Crippen LogP) is 3.57. The second kappa shape index (κ2) is 7.28. The molecule has 2 aromatic carbocycles. The minimum atomic E-state index is -0.184. The summed E-state index contributed by atoms with van der Waals surface area (Å²) in [5.41, 5.74) is 2.63. The van der Waals surface area contributed by atoms with Crippen LogP contribution in [0.3, 0.4) is 0 Å². The lowest BCUT2D eigenvalue weighted by Crippen LogP contribution is -2.11. The van der Waals surface area contributed by atoms with Crippen molar-refractivity contribution < 1.29 is 4.79 Å². The number of aromatic nitrogens is 4. The molecule has 0 atom stereocenters. The topological polar surface area (TPSA) is 72.7 Å². The first kappa shape index (κ1) is 16.2. The van der Waals surface area contributed by atoms with E-state index in [4.69, 9.17) is 0 Å². The van der Waals surface area contributed by atoms with Crippen molar-refractivity contribution in [2.75, 3.05) is 5.32 Å². The summed E-state index contributed by atoms with van der Waals surface area (Å²) in [6.07, 6.45) is 5.69. The van der Waals surface area contributed by atoms with E-state index in [2.05, 4.69) is 32.5 Å². The molecular weight excluding hydrogens is 346 g/mol. The lowest BCUT2D eigenvalue weighted by atomic mass is 10.1.